The molecule has 1 aromatic carbocycles. The highest BCUT2D eigenvalue weighted by Gasteiger charge is 2.29. The Kier molecular flexibility index (Phi) is 4.28. The van der Waals surface area contributed by atoms with Crippen LogP contribution < -0.4 is 10.6 Å². The van der Waals surface area contributed by atoms with E-state index in [0.717, 1.165) is 25.9 Å². The van der Waals surface area contributed by atoms with Gasteiger partial charge in [-0.2, -0.15) is 0 Å². The molecule has 0 aromatic heterocycles. The topological polar surface area (TPSA) is 29.3 Å². The first-order chi connectivity index (χ1) is 8.69. The fourth-order valence-corrected chi connectivity index (χ4v) is 3.07. The molecule has 1 aromatic rings. The second-order valence-corrected chi connectivity index (χ2v) is 5.44. The number of benzene rings is 1. The zero-order valence-electron chi connectivity index (χ0n) is 11.8. The number of nitrogens with two attached hydrogens (primary N) is 1. The van der Waals surface area contributed by atoms with Gasteiger partial charge in [-0.1, -0.05) is 31.4 Å². The monoisotopic (exact) mass is 246 g/mol. The molecular weight excluding hydrogens is 220 g/mol. The van der Waals surface area contributed by atoms with Crippen molar-refractivity contribution in [1.29, 1.82) is 0 Å². The Bertz CT molecular complexity index is 376. The molecule has 0 radical (unpaired) electrons. The molecule has 100 valence electrons. The standard InChI is InChI=1S/C16H26N2/c1-3-18(4-2)15-10-8-9-14(13-15)16(17)11-6-5-7-12-16/h8-10,13H,3-7,11-12,17H2,1-2H3. The van der Waals surface area contributed by atoms with Crippen LogP contribution in [0.3, 0.4) is 0 Å². The molecule has 0 saturated heterocycles. The molecule has 2 nitrogen and oxygen atoms in total. The second-order valence-electron chi connectivity index (χ2n) is 5.44. The van der Waals surface area contributed by atoms with Crippen molar-refractivity contribution in [2.45, 2.75) is 51.5 Å². The quantitative estimate of drug-likeness (QED) is 0.878. The highest BCUT2D eigenvalue weighted by atomic mass is 15.1. The summed E-state index contributed by atoms with van der Waals surface area (Å²) in [6, 6.07) is 8.87. The van der Waals surface area contributed by atoms with Crippen molar-refractivity contribution in [1.82, 2.24) is 0 Å². The van der Waals surface area contributed by atoms with E-state index < -0.39 is 0 Å². The minimum atomic E-state index is -0.0819. The molecule has 1 fully saturated rings. The largest absolute Gasteiger partial charge is 0.372 e. The summed E-state index contributed by atoms with van der Waals surface area (Å²) in [6.45, 7) is 6.51. The minimum Gasteiger partial charge on any atom is -0.372 e. The summed E-state index contributed by atoms with van der Waals surface area (Å²) in [5, 5.41) is 0. The fraction of sp³-hybridized carbons (Fsp3) is 0.625. The molecule has 18 heavy (non-hydrogen) atoms. The molecule has 0 heterocycles. The van der Waals surface area contributed by atoms with Gasteiger partial charge in [0.2, 0.25) is 0 Å². The molecule has 2 N–H and O–H groups in total. The molecule has 0 atom stereocenters. The van der Waals surface area contributed by atoms with E-state index in [1.807, 2.05) is 0 Å². The van der Waals surface area contributed by atoms with E-state index in [1.165, 1.54) is 30.5 Å². The van der Waals surface area contributed by atoms with Crippen molar-refractivity contribution in [2.75, 3.05) is 18.0 Å². The van der Waals surface area contributed by atoms with Gasteiger partial charge in [0.05, 0.1) is 0 Å². The third-order valence-electron chi connectivity index (χ3n) is 4.30. The average Bonchev–Trinajstić information content (AvgIpc) is 2.41. The predicted octanol–water partition coefficient (Wildman–Crippen LogP) is 3.65. The van der Waals surface area contributed by atoms with Crippen LogP contribution in [0.1, 0.15) is 51.5 Å². The average molecular weight is 246 g/mol. The lowest BCUT2D eigenvalue weighted by Crippen LogP contribution is -2.38. The third-order valence-corrected chi connectivity index (χ3v) is 4.30. The summed E-state index contributed by atoms with van der Waals surface area (Å²) in [5.74, 6) is 0. The highest BCUT2D eigenvalue weighted by molar-refractivity contribution is 5.50. The van der Waals surface area contributed by atoms with Gasteiger partial charge in [-0.3, -0.25) is 0 Å². The van der Waals surface area contributed by atoms with Crippen molar-refractivity contribution in [3.05, 3.63) is 29.8 Å². The Labute approximate surface area is 111 Å². The van der Waals surface area contributed by atoms with Crippen LogP contribution in [0.2, 0.25) is 0 Å². The first-order valence-corrected chi connectivity index (χ1v) is 7.34. The molecule has 0 unspecified atom stereocenters. The third kappa shape index (κ3) is 2.69. The number of rotatable bonds is 4. The Morgan fingerprint density at radius 1 is 1.11 bits per heavy atom. The molecule has 2 rings (SSSR count). The second kappa shape index (κ2) is 5.75. The van der Waals surface area contributed by atoms with Crippen LogP contribution in [0.25, 0.3) is 0 Å². The van der Waals surface area contributed by atoms with Crippen molar-refractivity contribution < 1.29 is 0 Å². The number of nitrogens with zero attached hydrogens (tertiary/aromatic N) is 1. The van der Waals surface area contributed by atoms with Crippen LogP contribution in [0, 0.1) is 0 Å². The van der Waals surface area contributed by atoms with E-state index in [-0.39, 0.29) is 5.54 Å². The lowest BCUT2D eigenvalue weighted by Gasteiger charge is -2.35. The minimum absolute atomic E-state index is 0.0819. The predicted molar refractivity (Wildman–Crippen MR) is 79.0 cm³/mol. The Morgan fingerprint density at radius 2 is 1.78 bits per heavy atom. The van der Waals surface area contributed by atoms with E-state index >= 15 is 0 Å². The number of anilines is 1. The van der Waals surface area contributed by atoms with Gasteiger partial charge < -0.3 is 10.6 Å². The molecule has 0 aliphatic heterocycles. The highest BCUT2D eigenvalue weighted by Crippen LogP contribution is 2.35. The van der Waals surface area contributed by atoms with Crippen LogP contribution >= 0.6 is 0 Å². The van der Waals surface area contributed by atoms with Gasteiger partial charge >= 0.3 is 0 Å². The number of hydrogen-bond donors (Lipinski definition) is 1. The van der Waals surface area contributed by atoms with E-state index in [2.05, 4.69) is 43.0 Å². The summed E-state index contributed by atoms with van der Waals surface area (Å²) in [6.07, 6.45) is 6.15. The van der Waals surface area contributed by atoms with Gasteiger partial charge in [0.25, 0.3) is 0 Å². The van der Waals surface area contributed by atoms with Gasteiger partial charge in [-0.05, 0) is 44.4 Å². The SMILES string of the molecule is CCN(CC)c1cccc(C2(N)CCCCC2)c1. The van der Waals surface area contributed by atoms with Crippen molar-refractivity contribution in [3.63, 3.8) is 0 Å². The van der Waals surface area contributed by atoms with E-state index in [4.69, 9.17) is 5.73 Å². The molecular formula is C16H26N2. The summed E-state index contributed by atoms with van der Waals surface area (Å²) in [4.78, 5) is 2.38. The Balaban J connectivity index is 2.25. The molecule has 1 aliphatic carbocycles. The first kappa shape index (κ1) is 13.4. The zero-order chi connectivity index (χ0) is 13.0. The summed E-state index contributed by atoms with van der Waals surface area (Å²) < 4.78 is 0. The normalized spacial score (nSPS) is 18.6. The van der Waals surface area contributed by atoms with Crippen molar-refractivity contribution >= 4 is 5.69 Å². The van der Waals surface area contributed by atoms with Crippen molar-refractivity contribution in [3.8, 4) is 0 Å². The van der Waals surface area contributed by atoms with E-state index in [9.17, 15) is 0 Å². The van der Waals surface area contributed by atoms with E-state index in [0.29, 0.717) is 0 Å². The zero-order valence-corrected chi connectivity index (χ0v) is 11.8. The van der Waals surface area contributed by atoms with E-state index in [1.54, 1.807) is 0 Å². The Hall–Kier alpha value is -1.02. The van der Waals surface area contributed by atoms with Crippen LogP contribution in [0.5, 0.6) is 0 Å². The maximum absolute atomic E-state index is 6.61. The molecule has 0 spiro atoms. The Morgan fingerprint density at radius 3 is 2.39 bits per heavy atom. The molecule has 1 aliphatic rings. The van der Waals surface area contributed by atoms with Crippen LogP contribution in [-0.4, -0.2) is 13.1 Å². The first-order valence-electron chi connectivity index (χ1n) is 7.34. The van der Waals surface area contributed by atoms with Gasteiger partial charge in [0.1, 0.15) is 0 Å². The smallest absolute Gasteiger partial charge is 0.0410 e. The number of hydrogen-bond acceptors (Lipinski definition) is 2. The maximum Gasteiger partial charge on any atom is 0.0410 e. The molecule has 0 amide bonds. The van der Waals surface area contributed by atoms with Gasteiger partial charge in [-0.15, -0.1) is 0 Å². The molecule has 2 heteroatoms. The van der Waals surface area contributed by atoms with Crippen molar-refractivity contribution in [2.24, 2.45) is 5.73 Å². The lowest BCUT2D eigenvalue weighted by molar-refractivity contribution is 0.302. The van der Waals surface area contributed by atoms with Crippen LogP contribution in [0.4, 0.5) is 5.69 Å². The lowest BCUT2D eigenvalue weighted by atomic mass is 9.77. The maximum atomic E-state index is 6.61. The van der Waals surface area contributed by atoms with Gasteiger partial charge in [0, 0.05) is 24.3 Å². The summed E-state index contributed by atoms with van der Waals surface area (Å²) in [7, 11) is 0. The van der Waals surface area contributed by atoms with Gasteiger partial charge in [-0.25, -0.2) is 0 Å². The summed E-state index contributed by atoms with van der Waals surface area (Å²) >= 11 is 0. The molecule has 0 bridgehead atoms. The summed E-state index contributed by atoms with van der Waals surface area (Å²) in [5.41, 5.74) is 9.17. The van der Waals surface area contributed by atoms with Gasteiger partial charge in [0.15, 0.2) is 0 Å². The van der Waals surface area contributed by atoms with Crippen LogP contribution in [0.15, 0.2) is 24.3 Å². The van der Waals surface area contributed by atoms with Crippen LogP contribution in [-0.2, 0) is 5.54 Å². The fourth-order valence-electron chi connectivity index (χ4n) is 3.07. The molecule has 1 saturated carbocycles.